The highest BCUT2D eigenvalue weighted by molar-refractivity contribution is 6.30. The SMILES string of the molecule is C=CCn1c(=O)c2cnc(Nc3ccc(Cl)cc3)nc2n1-c1cccc(N(C)C2CCCNC2)n1. The molecule has 4 aromatic rings. The molecule has 1 aliphatic rings. The highest BCUT2D eigenvalue weighted by Gasteiger charge is 2.21. The van der Waals surface area contributed by atoms with Crippen LogP contribution in [0.2, 0.25) is 5.02 Å². The maximum atomic E-state index is 13.2. The van der Waals surface area contributed by atoms with Crippen molar-refractivity contribution in [2.24, 2.45) is 0 Å². The van der Waals surface area contributed by atoms with Gasteiger partial charge in [0.2, 0.25) is 5.95 Å². The lowest BCUT2D eigenvalue weighted by atomic mass is 10.1. The topological polar surface area (TPSA) is 92.9 Å². The largest absolute Gasteiger partial charge is 0.355 e. The number of hydrogen-bond donors (Lipinski definition) is 2. The summed E-state index contributed by atoms with van der Waals surface area (Å²) in [6.07, 6.45) is 5.47. The van der Waals surface area contributed by atoms with Gasteiger partial charge in [-0.15, -0.1) is 6.58 Å². The summed E-state index contributed by atoms with van der Waals surface area (Å²) in [5.41, 5.74) is 1.06. The Morgan fingerprint density at radius 3 is 2.83 bits per heavy atom. The van der Waals surface area contributed by atoms with Crippen molar-refractivity contribution in [1.29, 1.82) is 0 Å². The molecule has 2 N–H and O–H groups in total. The molecule has 1 atom stereocenters. The molecule has 0 radical (unpaired) electrons. The maximum Gasteiger partial charge on any atom is 0.278 e. The Labute approximate surface area is 208 Å². The van der Waals surface area contributed by atoms with E-state index in [4.69, 9.17) is 16.6 Å². The van der Waals surface area contributed by atoms with Crippen LogP contribution in [0.3, 0.4) is 0 Å². The molecule has 35 heavy (non-hydrogen) atoms. The average molecular weight is 491 g/mol. The minimum atomic E-state index is -0.199. The van der Waals surface area contributed by atoms with Gasteiger partial charge in [-0.25, -0.2) is 19.3 Å². The van der Waals surface area contributed by atoms with E-state index in [1.54, 1.807) is 33.8 Å². The zero-order valence-corrected chi connectivity index (χ0v) is 20.2. The molecule has 1 aromatic carbocycles. The molecule has 3 aromatic heterocycles. The van der Waals surface area contributed by atoms with Crippen molar-refractivity contribution in [2.75, 3.05) is 30.4 Å². The predicted molar refractivity (Wildman–Crippen MR) is 140 cm³/mol. The first-order valence-corrected chi connectivity index (χ1v) is 12.0. The van der Waals surface area contributed by atoms with Crippen molar-refractivity contribution >= 4 is 40.1 Å². The molecule has 9 nitrogen and oxygen atoms in total. The number of hydrogen-bond acceptors (Lipinski definition) is 7. The number of aromatic nitrogens is 5. The molecule has 1 unspecified atom stereocenters. The Hall–Kier alpha value is -3.69. The summed E-state index contributed by atoms with van der Waals surface area (Å²) < 4.78 is 3.32. The van der Waals surface area contributed by atoms with E-state index in [0.717, 1.165) is 37.4 Å². The summed E-state index contributed by atoms with van der Waals surface area (Å²) in [4.78, 5) is 29.4. The van der Waals surface area contributed by atoms with Crippen LogP contribution in [0.15, 0.2) is 66.1 Å². The number of nitrogens with one attached hydrogen (secondary N) is 2. The molecular formula is C25H27ClN8O. The van der Waals surface area contributed by atoms with Crippen molar-refractivity contribution in [3.63, 3.8) is 0 Å². The minimum Gasteiger partial charge on any atom is -0.355 e. The van der Waals surface area contributed by atoms with E-state index in [9.17, 15) is 4.79 Å². The van der Waals surface area contributed by atoms with E-state index in [1.807, 2.05) is 30.3 Å². The van der Waals surface area contributed by atoms with Crippen molar-refractivity contribution in [1.82, 2.24) is 29.6 Å². The number of benzene rings is 1. The summed E-state index contributed by atoms with van der Waals surface area (Å²) in [5, 5.41) is 7.67. The van der Waals surface area contributed by atoms with E-state index in [0.29, 0.717) is 40.4 Å². The number of nitrogens with zero attached hydrogens (tertiary/aromatic N) is 6. The number of halogens is 1. The molecule has 5 rings (SSSR count). The molecule has 0 saturated carbocycles. The fourth-order valence-corrected chi connectivity index (χ4v) is 4.47. The van der Waals surface area contributed by atoms with Gasteiger partial charge in [-0.3, -0.25) is 4.79 Å². The number of allylic oxidation sites excluding steroid dienone is 1. The number of likely N-dealkylation sites (N-methyl/N-ethyl adjacent to an activating group) is 1. The number of pyridine rings is 1. The Morgan fingerprint density at radius 2 is 2.09 bits per heavy atom. The van der Waals surface area contributed by atoms with Gasteiger partial charge >= 0.3 is 0 Å². The summed E-state index contributed by atoms with van der Waals surface area (Å²) >= 11 is 5.99. The number of rotatable bonds is 7. The van der Waals surface area contributed by atoms with Gasteiger partial charge in [0.25, 0.3) is 5.56 Å². The molecule has 4 heterocycles. The average Bonchev–Trinajstić information content (AvgIpc) is 3.16. The lowest BCUT2D eigenvalue weighted by molar-refractivity contribution is 0.443. The third kappa shape index (κ3) is 4.65. The first-order valence-electron chi connectivity index (χ1n) is 11.6. The Kier molecular flexibility index (Phi) is 6.52. The van der Waals surface area contributed by atoms with Gasteiger partial charge in [0, 0.05) is 36.5 Å². The van der Waals surface area contributed by atoms with E-state index in [1.165, 1.54) is 0 Å². The lowest BCUT2D eigenvalue weighted by Gasteiger charge is -2.32. The van der Waals surface area contributed by atoms with E-state index < -0.39 is 0 Å². The highest BCUT2D eigenvalue weighted by Crippen LogP contribution is 2.22. The smallest absolute Gasteiger partial charge is 0.278 e. The van der Waals surface area contributed by atoms with Crippen molar-refractivity contribution in [2.45, 2.75) is 25.4 Å². The summed E-state index contributed by atoms with van der Waals surface area (Å²) in [6, 6.07) is 13.4. The zero-order chi connectivity index (χ0) is 24.4. The fourth-order valence-electron chi connectivity index (χ4n) is 4.35. The van der Waals surface area contributed by atoms with Gasteiger partial charge in [-0.2, -0.15) is 4.98 Å². The molecule has 1 fully saturated rings. The standard InChI is InChI=1S/C25H27ClN8O/c1-3-14-33-24(35)20-16-28-25(29-18-11-9-17(26)10-12-18)31-23(20)34(33)22-8-4-7-21(30-22)32(2)19-6-5-13-27-15-19/h3-4,7-12,16,19,27H,1,5-6,13-15H2,2H3,(H,28,29,31). The number of piperidine rings is 1. The normalized spacial score (nSPS) is 15.8. The van der Waals surface area contributed by atoms with Crippen LogP contribution in [-0.2, 0) is 6.54 Å². The second-order valence-corrected chi connectivity index (χ2v) is 8.95. The molecule has 0 aliphatic carbocycles. The van der Waals surface area contributed by atoms with Crippen LogP contribution in [0.4, 0.5) is 17.5 Å². The van der Waals surface area contributed by atoms with Gasteiger partial charge in [0.1, 0.15) is 11.2 Å². The monoisotopic (exact) mass is 490 g/mol. The summed E-state index contributed by atoms with van der Waals surface area (Å²) in [6.45, 7) is 6.10. The summed E-state index contributed by atoms with van der Waals surface area (Å²) in [5.74, 6) is 1.80. The van der Waals surface area contributed by atoms with Gasteiger partial charge in [0.05, 0.1) is 6.54 Å². The molecule has 180 valence electrons. The lowest BCUT2D eigenvalue weighted by Crippen LogP contribution is -2.44. The van der Waals surface area contributed by atoms with Gasteiger partial charge in [-0.05, 0) is 55.8 Å². The Bertz CT molecular complexity index is 1410. The van der Waals surface area contributed by atoms with Crippen LogP contribution < -0.4 is 21.1 Å². The van der Waals surface area contributed by atoms with E-state index in [2.05, 4.69) is 39.1 Å². The van der Waals surface area contributed by atoms with Crippen LogP contribution >= 0.6 is 11.6 Å². The first-order chi connectivity index (χ1) is 17.0. The summed E-state index contributed by atoms with van der Waals surface area (Å²) in [7, 11) is 2.06. The van der Waals surface area contributed by atoms with Gasteiger partial charge in [-0.1, -0.05) is 23.7 Å². The molecule has 1 aliphatic heterocycles. The molecule has 10 heteroatoms. The van der Waals surface area contributed by atoms with Crippen LogP contribution in [-0.4, -0.2) is 50.5 Å². The van der Waals surface area contributed by atoms with Gasteiger partial charge < -0.3 is 15.5 Å². The second kappa shape index (κ2) is 9.89. The van der Waals surface area contributed by atoms with Crippen LogP contribution in [0, 0.1) is 0 Å². The van der Waals surface area contributed by atoms with Crippen LogP contribution in [0.1, 0.15) is 12.8 Å². The first kappa shape index (κ1) is 23.1. The third-order valence-corrected chi connectivity index (χ3v) is 6.45. The second-order valence-electron chi connectivity index (χ2n) is 8.52. The minimum absolute atomic E-state index is 0.199. The third-order valence-electron chi connectivity index (χ3n) is 6.19. The maximum absolute atomic E-state index is 13.2. The molecule has 0 spiro atoms. The van der Waals surface area contributed by atoms with Crippen LogP contribution in [0.5, 0.6) is 0 Å². The van der Waals surface area contributed by atoms with E-state index in [-0.39, 0.29) is 5.56 Å². The molecule has 1 saturated heterocycles. The highest BCUT2D eigenvalue weighted by atomic mass is 35.5. The number of anilines is 3. The van der Waals surface area contributed by atoms with Gasteiger partial charge in [0.15, 0.2) is 11.5 Å². The van der Waals surface area contributed by atoms with Crippen molar-refractivity contribution < 1.29 is 0 Å². The quantitative estimate of drug-likeness (QED) is 0.381. The predicted octanol–water partition coefficient (Wildman–Crippen LogP) is 3.75. The van der Waals surface area contributed by atoms with Crippen molar-refractivity contribution in [3.8, 4) is 5.82 Å². The Balaban J connectivity index is 1.58. The molecular weight excluding hydrogens is 464 g/mol. The fraction of sp³-hybridized carbons (Fsp3) is 0.280. The van der Waals surface area contributed by atoms with Crippen molar-refractivity contribution in [3.05, 3.63) is 76.7 Å². The zero-order valence-electron chi connectivity index (χ0n) is 19.5. The van der Waals surface area contributed by atoms with E-state index >= 15 is 0 Å². The Morgan fingerprint density at radius 1 is 1.26 bits per heavy atom. The molecule has 0 bridgehead atoms. The number of fused-ring (bicyclic) bond motifs is 1. The van der Waals surface area contributed by atoms with Crippen LogP contribution in [0.25, 0.3) is 16.9 Å². The molecule has 0 amide bonds.